The molecule has 3 aromatic carbocycles. The lowest BCUT2D eigenvalue weighted by molar-refractivity contribution is -0.117. The monoisotopic (exact) mass is 401 g/mol. The van der Waals surface area contributed by atoms with Gasteiger partial charge in [0, 0.05) is 31.4 Å². The second-order valence-corrected chi connectivity index (χ2v) is 7.43. The first kappa shape index (κ1) is 21.3. The number of amides is 2. The summed E-state index contributed by atoms with van der Waals surface area (Å²) in [6, 6.07) is 26.9. The van der Waals surface area contributed by atoms with Crippen molar-refractivity contribution in [3.05, 3.63) is 102 Å². The molecule has 0 aromatic heterocycles. The van der Waals surface area contributed by atoms with Crippen molar-refractivity contribution in [3.63, 3.8) is 0 Å². The van der Waals surface area contributed by atoms with E-state index in [2.05, 4.69) is 5.32 Å². The number of hydrogen-bond acceptors (Lipinski definition) is 3. The average molecular weight is 402 g/mol. The average Bonchev–Trinajstić information content (AvgIpc) is 2.74. The number of carbonyl (C=O) groups is 2. The zero-order valence-corrected chi connectivity index (χ0v) is 17.4. The van der Waals surface area contributed by atoms with Gasteiger partial charge in [0.2, 0.25) is 5.91 Å². The summed E-state index contributed by atoms with van der Waals surface area (Å²) in [5, 5.41) is 2.89. The lowest BCUT2D eigenvalue weighted by Crippen LogP contribution is -2.30. The Morgan fingerprint density at radius 2 is 1.37 bits per heavy atom. The van der Waals surface area contributed by atoms with Gasteiger partial charge in [-0.3, -0.25) is 14.5 Å². The van der Waals surface area contributed by atoms with E-state index < -0.39 is 0 Å². The molecule has 0 fully saturated rings. The van der Waals surface area contributed by atoms with Crippen LogP contribution in [-0.2, 0) is 17.9 Å². The fourth-order valence-electron chi connectivity index (χ4n) is 3.28. The quantitative estimate of drug-likeness (QED) is 0.620. The SMILES string of the molecule is CN(CC(=O)Nc1cccc(C(=O)N(C)Cc2ccccc2)c1)Cc1ccccc1. The Morgan fingerprint density at radius 3 is 2.00 bits per heavy atom. The van der Waals surface area contributed by atoms with Crippen LogP contribution in [0.15, 0.2) is 84.9 Å². The van der Waals surface area contributed by atoms with Crippen LogP contribution >= 0.6 is 0 Å². The van der Waals surface area contributed by atoms with Crippen molar-refractivity contribution in [1.29, 1.82) is 0 Å². The van der Waals surface area contributed by atoms with Crippen LogP contribution in [-0.4, -0.2) is 42.3 Å². The van der Waals surface area contributed by atoms with E-state index in [4.69, 9.17) is 0 Å². The van der Waals surface area contributed by atoms with Crippen LogP contribution in [0.5, 0.6) is 0 Å². The molecular weight excluding hydrogens is 374 g/mol. The molecule has 3 rings (SSSR count). The van der Waals surface area contributed by atoms with Crippen LogP contribution in [0.2, 0.25) is 0 Å². The molecule has 2 amide bonds. The predicted molar refractivity (Wildman–Crippen MR) is 120 cm³/mol. The predicted octanol–water partition coefficient (Wildman–Crippen LogP) is 4.03. The fourth-order valence-corrected chi connectivity index (χ4v) is 3.28. The van der Waals surface area contributed by atoms with Gasteiger partial charge in [0.25, 0.3) is 5.91 Å². The van der Waals surface area contributed by atoms with E-state index in [1.807, 2.05) is 72.6 Å². The van der Waals surface area contributed by atoms with Gasteiger partial charge < -0.3 is 10.2 Å². The highest BCUT2D eigenvalue weighted by Gasteiger charge is 2.14. The lowest BCUT2D eigenvalue weighted by atomic mass is 10.1. The Bertz CT molecular complexity index is 974. The van der Waals surface area contributed by atoms with Crippen LogP contribution in [0.4, 0.5) is 5.69 Å². The summed E-state index contributed by atoms with van der Waals surface area (Å²) in [6.07, 6.45) is 0. The van der Waals surface area contributed by atoms with Crippen LogP contribution in [0.3, 0.4) is 0 Å². The molecule has 0 aliphatic heterocycles. The van der Waals surface area contributed by atoms with E-state index in [1.165, 1.54) is 0 Å². The molecule has 0 bridgehead atoms. The van der Waals surface area contributed by atoms with E-state index in [9.17, 15) is 9.59 Å². The van der Waals surface area contributed by atoms with Gasteiger partial charge in [0.05, 0.1) is 6.54 Å². The molecule has 0 spiro atoms. The van der Waals surface area contributed by atoms with Crippen LogP contribution in [0.1, 0.15) is 21.5 Å². The maximum Gasteiger partial charge on any atom is 0.253 e. The van der Waals surface area contributed by atoms with Crippen molar-refractivity contribution in [2.45, 2.75) is 13.1 Å². The molecule has 0 aliphatic rings. The smallest absolute Gasteiger partial charge is 0.253 e. The molecule has 0 saturated heterocycles. The highest BCUT2D eigenvalue weighted by Crippen LogP contribution is 2.14. The summed E-state index contributed by atoms with van der Waals surface area (Å²) in [5.41, 5.74) is 3.39. The first-order chi connectivity index (χ1) is 14.5. The Labute approximate surface area is 177 Å². The van der Waals surface area contributed by atoms with Gasteiger partial charge in [0.15, 0.2) is 0 Å². The molecule has 30 heavy (non-hydrogen) atoms. The molecule has 0 heterocycles. The number of nitrogens with zero attached hydrogens (tertiary/aromatic N) is 2. The second-order valence-electron chi connectivity index (χ2n) is 7.43. The summed E-state index contributed by atoms with van der Waals surface area (Å²) < 4.78 is 0. The minimum atomic E-state index is -0.115. The topological polar surface area (TPSA) is 52.7 Å². The molecule has 3 aromatic rings. The Balaban J connectivity index is 1.56. The Kier molecular flexibility index (Phi) is 7.35. The fraction of sp³-hybridized carbons (Fsp3) is 0.200. The maximum atomic E-state index is 12.8. The van der Waals surface area contributed by atoms with Crippen molar-refractivity contribution < 1.29 is 9.59 Å². The minimum absolute atomic E-state index is 0.0869. The van der Waals surface area contributed by atoms with Gasteiger partial charge in [-0.1, -0.05) is 66.7 Å². The third-order valence-corrected chi connectivity index (χ3v) is 4.71. The largest absolute Gasteiger partial charge is 0.337 e. The molecule has 154 valence electrons. The van der Waals surface area contributed by atoms with Crippen molar-refractivity contribution in [2.75, 3.05) is 26.0 Å². The molecule has 5 heteroatoms. The van der Waals surface area contributed by atoms with Gasteiger partial charge in [-0.25, -0.2) is 0 Å². The van der Waals surface area contributed by atoms with Gasteiger partial charge >= 0.3 is 0 Å². The van der Waals surface area contributed by atoms with E-state index in [0.717, 1.165) is 11.1 Å². The van der Waals surface area contributed by atoms with Crippen LogP contribution in [0.25, 0.3) is 0 Å². The first-order valence-corrected chi connectivity index (χ1v) is 9.93. The van der Waals surface area contributed by atoms with Gasteiger partial charge in [0.1, 0.15) is 0 Å². The number of carbonyl (C=O) groups excluding carboxylic acids is 2. The maximum absolute atomic E-state index is 12.8. The summed E-state index contributed by atoms with van der Waals surface area (Å²) >= 11 is 0. The second kappa shape index (κ2) is 10.4. The standard InChI is InChI=1S/C25H27N3O2/c1-27(17-20-10-5-3-6-11-20)19-24(29)26-23-15-9-14-22(16-23)25(30)28(2)18-21-12-7-4-8-13-21/h3-16H,17-19H2,1-2H3,(H,26,29). The molecule has 0 aliphatic carbocycles. The summed E-state index contributed by atoms with van der Waals surface area (Å²) in [7, 11) is 3.68. The highest BCUT2D eigenvalue weighted by atomic mass is 16.2. The van der Waals surface area contributed by atoms with E-state index in [0.29, 0.717) is 24.3 Å². The molecule has 5 nitrogen and oxygen atoms in total. The van der Waals surface area contributed by atoms with E-state index in [1.54, 1.807) is 36.2 Å². The third kappa shape index (κ3) is 6.29. The number of benzene rings is 3. The zero-order valence-electron chi connectivity index (χ0n) is 17.4. The van der Waals surface area contributed by atoms with Crippen molar-refractivity contribution in [2.24, 2.45) is 0 Å². The lowest BCUT2D eigenvalue weighted by Gasteiger charge is -2.18. The zero-order chi connectivity index (χ0) is 21.3. The molecule has 0 unspecified atom stereocenters. The Morgan fingerprint density at radius 1 is 0.767 bits per heavy atom. The van der Waals surface area contributed by atoms with Crippen LogP contribution < -0.4 is 5.32 Å². The normalized spacial score (nSPS) is 10.6. The van der Waals surface area contributed by atoms with Crippen molar-refractivity contribution in [3.8, 4) is 0 Å². The molecular formula is C25H27N3O2. The summed E-state index contributed by atoms with van der Waals surface area (Å²) in [5.74, 6) is -0.202. The van der Waals surface area contributed by atoms with Crippen molar-refractivity contribution >= 4 is 17.5 Å². The number of likely N-dealkylation sites (N-methyl/N-ethyl adjacent to an activating group) is 1. The first-order valence-electron chi connectivity index (χ1n) is 9.93. The highest BCUT2D eigenvalue weighted by molar-refractivity contribution is 5.97. The van der Waals surface area contributed by atoms with E-state index >= 15 is 0 Å². The number of anilines is 1. The third-order valence-electron chi connectivity index (χ3n) is 4.71. The van der Waals surface area contributed by atoms with E-state index in [-0.39, 0.29) is 18.4 Å². The number of rotatable bonds is 8. The molecule has 1 N–H and O–H groups in total. The van der Waals surface area contributed by atoms with Gasteiger partial charge in [-0.2, -0.15) is 0 Å². The number of nitrogens with one attached hydrogen (secondary N) is 1. The molecule has 0 saturated carbocycles. The van der Waals surface area contributed by atoms with Gasteiger partial charge in [-0.15, -0.1) is 0 Å². The summed E-state index contributed by atoms with van der Waals surface area (Å²) in [4.78, 5) is 28.8. The van der Waals surface area contributed by atoms with Crippen LogP contribution in [0, 0.1) is 0 Å². The molecule has 0 radical (unpaired) electrons. The Hall–Kier alpha value is -3.44. The van der Waals surface area contributed by atoms with Crippen molar-refractivity contribution in [1.82, 2.24) is 9.80 Å². The minimum Gasteiger partial charge on any atom is -0.337 e. The molecule has 0 atom stereocenters. The van der Waals surface area contributed by atoms with Gasteiger partial charge in [-0.05, 0) is 36.4 Å². The summed E-state index contributed by atoms with van der Waals surface area (Å²) in [6.45, 7) is 1.48. The number of hydrogen-bond donors (Lipinski definition) is 1.